The van der Waals surface area contributed by atoms with Crippen LogP contribution in [0.4, 0.5) is 4.39 Å². The lowest BCUT2D eigenvalue weighted by atomic mass is 10.2. The van der Waals surface area contributed by atoms with E-state index in [1.807, 2.05) is 0 Å². The number of rotatable bonds is 4. The second-order valence-electron chi connectivity index (χ2n) is 4.12. The zero-order valence-corrected chi connectivity index (χ0v) is 12.2. The van der Waals surface area contributed by atoms with Gasteiger partial charge in [0.15, 0.2) is 0 Å². The number of benzene rings is 1. The van der Waals surface area contributed by atoms with E-state index in [9.17, 15) is 17.6 Å². The third-order valence-corrected chi connectivity index (χ3v) is 4.30. The molecule has 0 aliphatic carbocycles. The molecule has 0 heterocycles. The van der Waals surface area contributed by atoms with Crippen LogP contribution in [-0.2, 0) is 10.0 Å². The van der Waals surface area contributed by atoms with Crippen LogP contribution in [0.15, 0.2) is 17.0 Å². The third kappa shape index (κ3) is 3.65. The van der Waals surface area contributed by atoms with E-state index in [1.165, 1.54) is 7.05 Å². The molecule has 0 saturated carbocycles. The third-order valence-electron chi connectivity index (χ3n) is 2.17. The van der Waals surface area contributed by atoms with Crippen LogP contribution in [0.3, 0.4) is 0 Å². The number of sulfonamides is 1. The summed E-state index contributed by atoms with van der Waals surface area (Å²) in [5, 5.41) is 1.94. The van der Waals surface area contributed by atoms with Crippen LogP contribution in [-0.4, -0.2) is 27.4 Å². The monoisotopic (exact) mass is 308 g/mol. The summed E-state index contributed by atoms with van der Waals surface area (Å²) in [6.07, 6.45) is 0. The molecule has 0 saturated heterocycles. The molecule has 0 bridgehead atoms. The molecule has 8 heteroatoms. The van der Waals surface area contributed by atoms with Crippen LogP contribution < -0.4 is 10.0 Å². The van der Waals surface area contributed by atoms with E-state index in [0.29, 0.717) is 0 Å². The fraction of sp³-hybridized carbons (Fsp3) is 0.364. The maximum absolute atomic E-state index is 13.6. The highest BCUT2D eigenvalue weighted by molar-refractivity contribution is 7.89. The molecule has 0 unspecified atom stereocenters. The largest absolute Gasteiger partial charge is 0.355 e. The molecule has 1 aromatic carbocycles. The standard InChI is InChI=1S/C11H14ClFN2O3S/c1-6(2)15-19(17,18)10-4-7(11(16)14-3)9(13)5-8(10)12/h4-6,15H,1-3H3,(H,14,16). The van der Waals surface area contributed by atoms with Gasteiger partial charge in [0.05, 0.1) is 10.6 Å². The smallest absolute Gasteiger partial charge is 0.254 e. The average molecular weight is 309 g/mol. The van der Waals surface area contributed by atoms with Crippen molar-refractivity contribution in [2.24, 2.45) is 0 Å². The molecule has 0 aliphatic rings. The van der Waals surface area contributed by atoms with E-state index in [0.717, 1.165) is 12.1 Å². The minimum Gasteiger partial charge on any atom is -0.355 e. The van der Waals surface area contributed by atoms with Crippen LogP contribution in [0.5, 0.6) is 0 Å². The first-order valence-electron chi connectivity index (χ1n) is 5.42. The number of hydrogen-bond donors (Lipinski definition) is 2. The molecule has 0 aromatic heterocycles. The number of nitrogens with one attached hydrogen (secondary N) is 2. The van der Waals surface area contributed by atoms with Crippen LogP contribution >= 0.6 is 11.6 Å². The van der Waals surface area contributed by atoms with Crippen molar-refractivity contribution in [3.05, 3.63) is 28.5 Å². The lowest BCUT2D eigenvalue weighted by molar-refractivity contribution is 0.0959. The van der Waals surface area contributed by atoms with E-state index >= 15 is 0 Å². The summed E-state index contributed by atoms with van der Waals surface area (Å²) in [6, 6.07) is 1.37. The minimum absolute atomic E-state index is 0.279. The first-order chi connectivity index (χ1) is 8.69. The van der Waals surface area contributed by atoms with E-state index < -0.39 is 21.7 Å². The second kappa shape index (κ2) is 5.85. The molecule has 1 amide bonds. The second-order valence-corrected chi connectivity index (χ2v) is 6.21. The fourth-order valence-electron chi connectivity index (χ4n) is 1.42. The lowest BCUT2D eigenvalue weighted by Crippen LogP contribution is -2.31. The molecule has 2 N–H and O–H groups in total. The van der Waals surface area contributed by atoms with E-state index in [4.69, 9.17) is 11.6 Å². The SMILES string of the molecule is CNC(=O)c1cc(S(=O)(=O)NC(C)C)c(Cl)cc1F. The van der Waals surface area contributed by atoms with Crippen LogP contribution in [0, 0.1) is 5.82 Å². The summed E-state index contributed by atoms with van der Waals surface area (Å²) >= 11 is 5.73. The number of halogens is 2. The van der Waals surface area contributed by atoms with Gasteiger partial charge in [0, 0.05) is 13.1 Å². The van der Waals surface area contributed by atoms with Gasteiger partial charge in [-0.15, -0.1) is 0 Å². The highest BCUT2D eigenvalue weighted by atomic mass is 35.5. The van der Waals surface area contributed by atoms with E-state index in [1.54, 1.807) is 13.8 Å². The van der Waals surface area contributed by atoms with Crippen LogP contribution in [0.2, 0.25) is 5.02 Å². The number of carbonyl (C=O) groups is 1. The van der Waals surface area contributed by atoms with Gasteiger partial charge in [0.2, 0.25) is 10.0 Å². The van der Waals surface area contributed by atoms with Crippen molar-refractivity contribution < 1.29 is 17.6 Å². The predicted molar refractivity (Wildman–Crippen MR) is 70.3 cm³/mol. The number of hydrogen-bond acceptors (Lipinski definition) is 3. The van der Waals surface area contributed by atoms with Gasteiger partial charge in [-0.05, 0) is 26.0 Å². The molecule has 1 rings (SSSR count). The zero-order chi connectivity index (χ0) is 14.8. The quantitative estimate of drug-likeness (QED) is 0.885. The predicted octanol–water partition coefficient (Wildman–Crippen LogP) is 1.53. The minimum atomic E-state index is -3.90. The Hall–Kier alpha value is -1.18. The highest BCUT2D eigenvalue weighted by Gasteiger charge is 2.23. The molecule has 0 radical (unpaired) electrons. The first kappa shape index (κ1) is 15.9. The highest BCUT2D eigenvalue weighted by Crippen LogP contribution is 2.25. The molecule has 0 fully saturated rings. The molecule has 5 nitrogen and oxygen atoms in total. The van der Waals surface area contributed by atoms with Gasteiger partial charge in [-0.25, -0.2) is 17.5 Å². The lowest BCUT2D eigenvalue weighted by Gasteiger charge is -2.12. The Kier molecular flexibility index (Phi) is 4.89. The van der Waals surface area contributed by atoms with Gasteiger partial charge in [-0.2, -0.15) is 0 Å². The van der Waals surface area contributed by atoms with Crippen molar-refractivity contribution in [1.82, 2.24) is 10.0 Å². The maximum Gasteiger partial charge on any atom is 0.254 e. The Morgan fingerprint density at radius 2 is 1.95 bits per heavy atom. The summed E-state index contributed by atoms with van der Waals surface area (Å²) in [7, 11) is -2.58. The first-order valence-corrected chi connectivity index (χ1v) is 7.28. The van der Waals surface area contributed by atoms with Gasteiger partial charge in [0.1, 0.15) is 10.7 Å². The molecule has 0 atom stereocenters. The van der Waals surface area contributed by atoms with Crippen molar-refractivity contribution in [1.29, 1.82) is 0 Å². The average Bonchev–Trinajstić information content (AvgIpc) is 2.25. The van der Waals surface area contributed by atoms with E-state index in [-0.39, 0.29) is 21.5 Å². The molecule has 106 valence electrons. The van der Waals surface area contributed by atoms with Crippen molar-refractivity contribution in [2.75, 3.05) is 7.05 Å². The fourth-order valence-corrected chi connectivity index (χ4v) is 3.21. The summed E-state index contributed by atoms with van der Waals surface area (Å²) in [5.74, 6) is -1.61. The van der Waals surface area contributed by atoms with Gasteiger partial charge in [0.25, 0.3) is 5.91 Å². The van der Waals surface area contributed by atoms with Crippen molar-refractivity contribution in [3.8, 4) is 0 Å². The van der Waals surface area contributed by atoms with Gasteiger partial charge in [-0.3, -0.25) is 4.79 Å². The summed E-state index contributed by atoms with van der Waals surface area (Å²) in [5.41, 5.74) is -0.379. The Morgan fingerprint density at radius 3 is 2.42 bits per heavy atom. The normalized spacial score (nSPS) is 11.7. The van der Waals surface area contributed by atoms with E-state index in [2.05, 4.69) is 10.0 Å². The van der Waals surface area contributed by atoms with Gasteiger partial charge in [-0.1, -0.05) is 11.6 Å². The Bertz CT molecular complexity index is 602. The summed E-state index contributed by atoms with van der Waals surface area (Å²) in [6.45, 7) is 3.27. The molecule has 19 heavy (non-hydrogen) atoms. The number of amides is 1. The summed E-state index contributed by atoms with van der Waals surface area (Å²) < 4.78 is 39.8. The van der Waals surface area contributed by atoms with Crippen LogP contribution in [0.1, 0.15) is 24.2 Å². The van der Waals surface area contributed by atoms with Gasteiger partial charge < -0.3 is 5.32 Å². The molecular weight excluding hydrogens is 295 g/mol. The molecular formula is C11H14ClFN2O3S. The van der Waals surface area contributed by atoms with Crippen molar-refractivity contribution >= 4 is 27.5 Å². The maximum atomic E-state index is 13.6. The Balaban J connectivity index is 3.41. The van der Waals surface area contributed by atoms with Crippen molar-refractivity contribution in [2.45, 2.75) is 24.8 Å². The van der Waals surface area contributed by atoms with Gasteiger partial charge >= 0.3 is 0 Å². The topological polar surface area (TPSA) is 75.3 Å². The zero-order valence-electron chi connectivity index (χ0n) is 10.6. The van der Waals surface area contributed by atoms with Crippen LogP contribution in [0.25, 0.3) is 0 Å². The molecule has 0 spiro atoms. The summed E-state index contributed by atoms with van der Waals surface area (Å²) in [4.78, 5) is 11.1. The Morgan fingerprint density at radius 1 is 1.37 bits per heavy atom. The van der Waals surface area contributed by atoms with Crippen molar-refractivity contribution in [3.63, 3.8) is 0 Å². The number of carbonyl (C=O) groups excluding carboxylic acids is 1. The molecule has 1 aromatic rings. The Labute approximate surface area is 116 Å². The molecule has 0 aliphatic heterocycles.